The minimum Gasteiger partial charge on any atom is -0.495 e. The third kappa shape index (κ3) is 4.82. The van der Waals surface area contributed by atoms with Gasteiger partial charge in [0.05, 0.1) is 25.8 Å². The molecule has 1 N–H and O–H groups in total. The standard InChI is InChI=1S/C23H29N3O3/c1-28-22-7-3-2-6-21(22)26-13-11-25(12-14-26)10-4-5-15-29-19-9-8-18-16-23(27)24-20(18)17-19/h2-3,6-9,17H,4-5,10-16H2,1H3,(H,24,27). The Morgan fingerprint density at radius 2 is 1.86 bits per heavy atom. The molecule has 2 aromatic carbocycles. The molecule has 0 atom stereocenters. The Morgan fingerprint density at radius 1 is 1.03 bits per heavy atom. The Bertz CT molecular complexity index is 847. The molecule has 0 aromatic heterocycles. The Labute approximate surface area is 172 Å². The van der Waals surface area contributed by atoms with Crippen LogP contribution in [0.5, 0.6) is 11.5 Å². The van der Waals surface area contributed by atoms with Crippen LogP contribution in [0.3, 0.4) is 0 Å². The first-order valence-electron chi connectivity index (χ1n) is 10.4. The number of fused-ring (bicyclic) bond motifs is 1. The first-order valence-corrected chi connectivity index (χ1v) is 10.4. The highest BCUT2D eigenvalue weighted by atomic mass is 16.5. The van der Waals surface area contributed by atoms with Crippen molar-refractivity contribution in [1.29, 1.82) is 0 Å². The molecule has 4 rings (SSSR count). The second-order valence-corrected chi connectivity index (χ2v) is 7.60. The van der Waals surface area contributed by atoms with Crippen molar-refractivity contribution in [2.45, 2.75) is 19.3 Å². The normalized spacial score (nSPS) is 16.4. The van der Waals surface area contributed by atoms with Crippen LogP contribution < -0.4 is 19.7 Å². The summed E-state index contributed by atoms with van der Waals surface area (Å²) in [5.41, 5.74) is 3.13. The lowest BCUT2D eigenvalue weighted by Crippen LogP contribution is -2.46. The monoisotopic (exact) mass is 395 g/mol. The fourth-order valence-corrected chi connectivity index (χ4v) is 4.01. The van der Waals surface area contributed by atoms with E-state index >= 15 is 0 Å². The minimum absolute atomic E-state index is 0.0583. The summed E-state index contributed by atoms with van der Waals surface area (Å²) in [4.78, 5) is 16.4. The van der Waals surface area contributed by atoms with Gasteiger partial charge in [-0.15, -0.1) is 0 Å². The van der Waals surface area contributed by atoms with Crippen molar-refractivity contribution in [2.75, 3.05) is 56.7 Å². The number of carbonyl (C=O) groups is 1. The smallest absolute Gasteiger partial charge is 0.228 e. The van der Waals surface area contributed by atoms with Crippen LogP contribution in [-0.4, -0.2) is 57.2 Å². The van der Waals surface area contributed by atoms with E-state index in [0.29, 0.717) is 13.0 Å². The predicted molar refractivity (Wildman–Crippen MR) is 115 cm³/mol. The Hall–Kier alpha value is -2.73. The van der Waals surface area contributed by atoms with Crippen molar-refractivity contribution in [2.24, 2.45) is 0 Å². The molecule has 2 aliphatic rings. The maximum atomic E-state index is 11.4. The molecule has 0 radical (unpaired) electrons. The summed E-state index contributed by atoms with van der Waals surface area (Å²) in [6.07, 6.45) is 2.62. The van der Waals surface area contributed by atoms with Gasteiger partial charge in [-0.2, -0.15) is 0 Å². The first-order chi connectivity index (χ1) is 14.2. The van der Waals surface area contributed by atoms with E-state index in [0.717, 1.165) is 68.3 Å². The fraction of sp³-hybridized carbons (Fsp3) is 0.435. The van der Waals surface area contributed by atoms with Crippen LogP contribution in [0.15, 0.2) is 42.5 Å². The summed E-state index contributed by atoms with van der Waals surface area (Å²) in [7, 11) is 1.73. The number of nitrogens with one attached hydrogen (secondary N) is 1. The van der Waals surface area contributed by atoms with Gasteiger partial charge in [-0.3, -0.25) is 9.69 Å². The number of methoxy groups -OCH3 is 1. The number of rotatable bonds is 8. The van der Waals surface area contributed by atoms with E-state index in [9.17, 15) is 4.79 Å². The van der Waals surface area contributed by atoms with Crippen molar-refractivity contribution >= 4 is 17.3 Å². The lowest BCUT2D eigenvalue weighted by molar-refractivity contribution is -0.115. The van der Waals surface area contributed by atoms with Crippen molar-refractivity contribution in [3.63, 3.8) is 0 Å². The second-order valence-electron chi connectivity index (χ2n) is 7.60. The highest BCUT2D eigenvalue weighted by Gasteiger charge is 2.19. The van der Waals surface area contributed by atoms with Crippen molar-refractivity contribution < 1.29 is 14.3 Å². The highest BCUT2D eigenvalue weighted by molar-refractivity contribution is 5.99. The van der Waals surface area contributed by atoms with Crippen LogP contribution in [0.4, 0.5) is 11.4 Å². The molecule has 6 heteroatoms. The lowest BCUT2D eigenvalue weighted by Gasteiger charge is -2.36. The zero-order valence-corrected chi connectivity index (χ0v) is 17.0. The van der Waals surface area contributed by atoms with Crippen LogP contribution in [0.1, 0.15) is 18.4 Å². The molecule has 2 heterocycles. The topological polar surface area (TPSA) is 54.0 Å². The molecule has 0 saturated carbocycles. The van der Waals surface area contributed by atoms with E-state index in [-0.39, 0.29) is 5.91 Å². The van der Waals surface area contributed by atoms with Gasteiger partial charge in [0, 0.05) is 37.9 Å². The largest absolute Gasteiger partial charge is 0.495 e. The van der Waals surface area contributed by atoms with Gasteiger partial charge in [-0.25, -0.2) is 0 Å². The molecule has 0 bridgehead atoms. The van der Waals surface area contributed by atoms with E-state index < -0.39 is 0 Å². The van der Waals surface area contributed by atoms with Crippen LogP contribution >= 0.6 is 0 Å². The van der Waals surface area contributed by atoms with E-state index in [1.54, 1.807) is 7.11 Å². The predicted octanol–water partition coefficient (Wildman–Crippen LogP) is 3.17. The summed E-state index contributed by atoms with van der Waals surface area (Å²) in [5, 5.41) is 2.87. The van der Waals surface area contributed by atoms with Gasteiger partial charge in [0.2, 0.25) is 5.91 Å². The molecule has 0 spiro atoms. The van der Waals surface area contributed by atoms with Crippen LogP contribution in [0.2, 0.25) is 0 Å². The van der Waals surface area contributed by atoms with Gasteiger partial charge in [-0.05, 0) is 43.1 Å². The number of hydrogen-bond acceptors (Lipinski definition) is 5. The summed E-state index contributed by atoms with van der Waals surface area (Å²) < 4.78 is 11.4. The molecule has 0 unspecified atom stereocenters. The van der Waals surface area contributed by atoms with E-state index in [4.69, 9.17) is 9.47 Å². The summed E-state index contributed by atoms with van der Waals surface area (Å²) in [5.74, 6) is 1.84. The molecule has 1 fully saturated rings. The molecular formula is C23H29N3O3. The Balaban J connectivity index is 1.15. The third-order valence-electron chi connectivity index (χ3n) is 5.64. The number of hydrogen-bond donors (Lipinski definition) is 1. The third-order valence-corrected chi connectivity index (χ3v) is 5.64. The van der Waals surface area contributed by atoms with E-state index in [1.807, 2.05) is 30.3 Å². The van der Waals surface area contributed by atoms with Gasteiger partial charge in [0.15, 0.2) is 0 Å². The zero-order chi connectivity index (χ0) is 20.1. The van der Waals surface area contributed by atoms with Crippen LogP contribution in [0, 0.1) is 0 Å². The fourth-order valence-electron chi connectivity index (χ4n) is 4.01. The second kappa shape index (κ2) is 9.18. The maximum Gasteiger partial charge on any atom is 0.228 e. The lowest BCUT2D eigenvalue weighted by atomic mass is 10.1. The molecule has 6 nitrogen and oxygen atoms in total. The number of carbonyl (C=O) groups excluding carboxylic acids is 1. The molecule has 1 saturated heterocycles. The quantitative estimate of drug-likeness (QED) is 0.696. The van der Waals surface area contributed by atoms with Gasteiger partial charge in [0.25, 0.3) is 0 Å². The molecule has 29 heavy (non-hydrogen) atoms. The number of para-hydroxylation sites is 2. The SMILES string of the molecule is COc1ccccc1N1CCN(CCCCOc2ccc3c(c2)NC(=O)C3)CC1. The average Bonchev–Trinajstić information content (AvgIpc) is 3.13. The van der Waals surface area contributed by atoms with Gasteiger partial charge in [0.1, 0.15) is 11.5 Å². The Kier molecular flexibility index (Phi) is 6.20. The molecule has 0 aliphatic carbocycles. The number of anilines is 2. The Morgan fingerprint density at radius 3 is 2.69 bits per heavy atom. The molecular weight excluding hydrogens is 366 g/mol. The molecule has 2 aliphatic heterocycles. The van der Waals surface area contributed by atoms with E-state index in [1.165, 1.54) is 5.69 Å². The summed E-state index contributed by atoms with van der Waals surface area (Å²) in [6.45, 7) is 6.00. The van der Waals surface area contributed by atoms with Crippen LogP contribution in [-0.2, 0) is 11.2 Å². The van der Waals surface area contributed by atoms with Gasteiger partial charge >= 0.3 is 0 Å². The number of benzene rings is 2. The molecule has 1 amide bonds. The number of amides is 1. The van der Waals surface area contributed by atoms with Crippen molar-refractivity contribution in [3.05, 3.63) is 48.0 Å². The van der Waals surface area contributed by atoms with Gasteiger partial charge < -0.3 is 19.7 Å². The average molecular weight is 396 g/mol. The molecule has 2 aromatic rings. The maximum absolute atomic E-state index is 11.4. The minimum atomic E-state index is 0.0583. The van der Waals surface area contributed by atoms with Crippen molar-refractivity contribution in [3.8, 4) is 11.5 Å². The van der Waals surface area contributed by atoms with Crippen molar-refractivity contribution in [1.82, 2.24) is 4.90 Å². The molecule has 154 valence electrons. The summed E-state index contributed by atoms with van der Waals surface area (Å²) >= 11 is 0. The number of nitrogens with zero attached hydrogens (tertiary/aromatic N) is 2. The van der Waals surface area contributed by atoms with Gasteiger partial charge in [-0.1, -0.05) is 18.2 Å². The zero-order valence-electron chi connectivity index (χ0n) is 17.0. The van der Waals surface area contributed by atoms with Crippen LogP contribution in [0.25, 0.3) is 0 Å². The number of ether oxygens (including phenoxy) is 2. The van der Waals surface area contributed by atoms with E-state index in [2.05, 4.69) is 27.2 Å². The number of unbranched alkanes of at least 4 members (excludes halogenated alkanes) is 1. The highest BCUT2D eigenvalue weighted by Crippen LogP contribution is 2.29. The first kappa shape index (κ1) is 19.6. The summed E-state index contributed by atoms with van der Waals surface area (Å²) in [6, 6.07) is 14.1. The number of piperazine rings is 1.